The Morgan fingerprint density at radius 2 is 1.17 bits per heavy atom. The average Bonchev–Trinajstić information content (AvgIpc) is 3.52. The molecule has 2 aliphatic rings. The van der Waals surface area contributed by atoms with E-state index in [1.54, 1.807) is 0 Å². The van der Waals surface area contributed by atoms with Crippen LogP contribution in [0.5, 0.6) is 11.5 Å². The summed E-state index contributed by atoms with van der Waals surface area (Å²) < 4.78 is 6.54. The minimum absolute atomic E-state index is 0.529. The summed E-state index contributed by atoms with van der Waals surface area (Å²) in [6.45, 7) is 6.15. The first-order valence-electron chi connectivity index (χ1n) is 17.9. The van der Waals surface area contributed by atoms with Gasteiger partial charge < -0.3 is 4.74 Å². The molecule has 0 bridgehead atoms. The molecule has 7 aromatic rings. The van der Waals surface area contributed by atoms with Gasteiger partial charge in [-0.3, -0.25) is 0 Å². The summed E-state index contributed by atoms with van der Waals surface area (Å²) in [5.74, 6) is 2.21. The van der Waals surface area contributed by atoms with Crippen molar-refractivity contribution >= 4 is 17.2 Å². The summed E-state index contributed by atoms with van der Waals surface area (Å²) in [5, 5.41) is 9.57. The van der Waals surface area contributed by atoms with Crippen LogP contribution in [0.1, 0.15) is 51.4 Å². The first-order valence-corrected chi connectivity index (χ1v) is 17.9. The normalized spacial score (nSPS) is 13.4. The Bertz CT molecular complexity index is 2730. The van der Waals surface area contributed by atoms with Gasteiger partial charge in [0, 0.05) is 28.0 Å². The Kier molecular flexibility index (Phi) is 8.05. The van der Waals surface area contributed by atoms with Crippen molar-refractivity contribution in [3.63, 3.8) is 0 Å². The number of fused-ring (bicyclic) bond motifs is 9. The molecular formula is C50H33N3O. The molecule has 0 saturated heterocycles. The second kappa shape index (κ2) is 13.3. The van der Waals surface area contributed by atoms with Gasteiger partial charge in [-0.25, -0.2) is 9.98 Å². The molecule has 0 aromatic heterocycles. The summed E-state index contributed by atoms with van der Waals surface area (Å²) in [6.07, 6.45) is 0. The lowest BCUT2D eigenvalue weighted by Gasteiger charge is -2.39. The van der Waals surface area contributed by atoms with Crippen molar-refractivity contribution in [1.29, 1.82) is 5.26 Å². The Labute approximate surface area is 315 Å². The highest BCUT2D eigenvalue weighted by atomic mass is 16.5. The van der Waals surface area contributed by atoms with E-state index in [0.29, 0.717) is 17.1 Å². The number of benzene rings is 7. The number of nitriles is 1. The van der Waals surface area contributed by atoms with Crippen LogP contribution in [0.3, 0.4) is 0 Å². The number of nitrogens with zero attached hydrogens (tertiary/aromatic N) is 3. The van der Waals surface area contributed by atoms with Gasteiger partial charge in [-0.15, -0.1) is 5.73 Å². The van der Waals surface area contributed by atoms with Crippen LogP contribution in [-0.2, 0) is 5.41 Å². The van der Waals surface area contributed by atoms with E-state index in [4.69, 9.17) is 14.7 Å². The lowest BCUT2D eigenvalue weighted by atomic mass is 9.66. The van der Waals surface area contributed by atoms with E-state index in [1.165, 1.54) is 16.7 Å². The Balaban J connectivity index is 1.24. The van der Waals surface area contributed by atoms with Crippen LogP contribution in [0.4, 0.5) is 0 Å². The van der Waals surface area contributed by atoms with E-state index in [1.807, 2.05) is 91.9 Å². The third kappa shape index (κ3) is 5.31. The molecule has 4 nitrogen and oxygen atoms in total. The minimum atomic E-state index is -0.611. The lowest BCUT2D eigenvalue weighted by molar-refractivity contribution is 0.436. The third-order valence-corrected chi connectivity index (χ3v) is 10.4. The third-order valence-electron chi connectivity index (χ3n) is 10.4. The van der Waals surface area contributed by atoms with Gasteiger partial charge in [-0.2, -0.15) is 5.26 Å². The van der Waals surface area contributed by atoms with E-state index in [2.05, 4.69) is 103 Å². The lowest BCUT2D eigenvalue weighted by Crippen LogP contribution is -2.32. The number of rotatable bonds is 5. The van der Waals surface area contributed by atoms with Gasteiger partial charge in [0.05, 0.1) is 17.0 Å². The largest absolute Gasteiger partial charge is 0.457 e. The summed E-state index contributed by atoms with van der Waals surface area (Å²) in [4.78, 5) is 10.4. The molecule has 0 fully saturated rings. The standard InChI is InChI=1S/C50H33N3O/c1-3-46(53-49(52-33(2)35-16-5-4-6-17-35)39-20-14-19-37(30-39)36-18-13-15-34(29-36)32-51)38-27-28-41-40-21-7-8-22-42(40)50(45(41)31-38)43-23-9-11-25-47(43)54-48-26-12-10-24-44(48)50/h4-31H,1H2,2H3/b52-33+,53-49-. The fourth-order valence-electron chi connectivity index (χ4n) is 7.98. The van der Waals surface area contributed by atoms with Crippen LogP contribution < -0.4 is 4.74 Å². The highest BCUT2D eigenvalue weighted by Gasteiger charge is 2.51. The SMILES string of the molecule is C=C=C(/N=C(\N=C(/C)c1ccccc1)c1cccc(-c2cccc(C#N)c2)c1)c1ccc2c(c1)C1(c3ccccc3Oc3ccccc31)c1ccccc1-2. The number of aliphatic imine (C=N–C) groups is 2. The maximum Gasteiger partial charge on any atom is 0.160 e. The predicted octanol–water partition coefficient (Wildman–Crippen LogP) is 11.8. The van der Waals surface area contributed by atoms with Gasteiger partial charge in [0.2, 0.25) is 0 Å². The molecule has 254 valence electrons. The molecule has 9 rings (SSSR count). The van der Waals surface area contributed by atoms with Gasteiger partial charge in [0.15, 0.2) is 5.84 Å². The zero-order chi connectivity index (χ0) is 36.6. The van der Waals surface area contributed by atoms with Crippen molar-refractivity contribution in [3.05, 3.63) is 227 Å². The van der Waals surface area contributed by atoms with Gasteiger partial charge >= 0.3 is 0 Å². The molecular weight excluding hydrogens is 659 g/mol. The molecule has 1 aliphatic carbocycles. The molecule has 7 aromatic carbocycles. The highest BCUT2D eigenvalue weighted by Crippen LogP contribution is 2.62. The molecule has 4 heteroatoms. The van der Waals surface area contributed by atoms with Gasteiger partial charge in [0.1, 0.15) is 17.2 Å². The number of ether oxygens (including phenoxy) is 1. The molecule has 0 unspecified atom stereocenters. The summed E-state index contributed by atoms with van der Waals surface area (Å²) >= 11 is 0. The summed E-state index contributed by atoms with van der Waals surface area (Å²) in [5.41, 5.74) is 16.1. The molecule has 1 heterocycles. The van der Waals surface area contributed by atoms with Gasteiger partial charge in [0.25, 0.3) is 0 Å². The van der Waals surface area contributed by atoms with E-state index < -0.39 is 5.41 Å². The highest BCUT2D eigenvalue weighted by molar-refractivity contribution is 6.13. The Hall–Kier alpha value is -7.31. The van der Waals surface area contributed by atoms with Gasteiger partial charge in [-0.1, -0.05) is 140 Å². The first kappa shape index (κ1) is 32.6. The molecule has 0 radical (unpaired) electrons. The van der Waals surface area contributed by atoms with Crippen molar-refractivity contribution in [3.8, 4) is 39.8 Å². The molecule has 0 atom stereocenters. The van der Waals surface area contributed by atoms with E-state index >= 15 is 0 Å². The number of para-hydroxylation sites is 2. The molecule has 1 aliphatic heterocycles. The van der Waals surface area contributed by atoms with E-state index in [0.717, 1.165) is 61.7 Å². The minimum Gasteiger partial charge on any atom is -0.457 e. The number of hydrogen-bond donors (Lipinski definition) is 0. The molecule has 1 spiro atoms. The molecule has 0 saturated carbocycles. The van der Waals surface area contributed by atoms with Crippen LogP contribution in [0.15, 0.2) is 192 Å². The summed E-state index contributed by atoms with van der Waals surface area (Å²) in [6, 6.07) is 60.1. The zero-order valence-electron chi connectivity index (χ0n) is 29.6. The van der Waals surface area contributed by atoms with Crippen LogP contribution in [-0.4, -0.2) is 11.5 Å². The first-order chi connectivity index (χ1) is 26.6. The van der Waals surface area contributed by atoms with Crippen molar-refractivity contribution < 1.29 is 4.74 Å². The maximum absolute atomic E-state index is 9.57. The monoisotopic (exact) mass is 691 g/mol. The Morgan fingerprint density at radius 1 is 0.556 bits per heavy atom. The molecule has 54 heavy (non-hydrogen) atoms. The van der Waals surface area contributed by atoms with Crippen LogP contribution in [0, 0.1) is 11.3 Å². The number of amidine groups is 1. The quantitative estimate of drug-likeness (QED) is 0.102. The van der Waals surface area contributed by atoms with Crippen LogP contribution in [0.25, 0.3) is 28.0 Å². The van der Waals surface area contributed by atoms with E-state index in [-0.39, 0.29) is 0 Å². The van der Waals surface area contributed by atoms with E-state index in [9.17, 15) is 5.26 Å². The smallest absolute Gasteiger partial charge is 0.160 e. The van der Waals surface area contributed by atoms with Gasteiger partial charge in [-0.05, 0) is 82.3 Å². The van der Waals surface area contributed by atoms with Crippen molar-refractivity contribution in [2.75, 3.05) is 0 Å². The topological polar surface area (TPSA) is 57.7 Å². The fraction of sp³-hybridized carbons (Fsp3) is 0.0400. The number of hydrogen-bond acceptors (Lipinski definition) is 3. The summed E-state index contributed by atoms with van der Waals surface area (Å²) in [7, 11) is 0. The average molecular weight is 692 g/mol. The van der Waals surface area contributed by atoms with Crippen LogP contribution in [0.2, 0.25) is 0 Å². The van der Waals surface area contributed by atoms with Crippen LogP contribution >= 0.6 is 0 Å². The Morgan fingerprint density at radius 3 is 1.89 bits per heavy atom. The second-order valence-corrected chi connectivity index (χ2v) is 13.4. The second-order valence-electron chi connectivity index (χ2n) is 13.4. The maximum atomic E-state index is 9.57. The van der Waals surface area contributed by atoms with Crippen molar-refractivity contribution in [1.82, 2.24) is 0 Å². The van der Waals surface area contributed by atoms with Crippen molar-refractivity contribution in [2.45, 2.75) is 12.3 Å². The fourth-order valence-corrected chi connectivity index (χ4v) is 7.98. The molecule has 0 N–H and O–H groups in total. The van der Waals surface area contributed by atoms with Crippen molar-refractivity contribution in [2.24, 2.45) is 9.98 Å². The zero-order valence-corrected chi connectivity index (χ0v) is 29.6. The molecule has 0 amide bonds. The predicted molar refractivity (Wildman–Crippen MR) is 218 cm³/mol.